The number of aromatic nitrogens is 1. The second-order valence-corrected chi connectivity index (χ2v) is 5.28. The zero-order valence-electron chi connectivity index (χ0n) is 11.0. The Labute approximate surface area is 110 Å². The molecule has 1 aromatic heterocycles. The Balaban J connectivity index is 2.71. The molecule has 2 nitrogen and oxygen atoms in total. The minimum atomic E-state index is 0.354. The van der Waals surface area contributed by atoms with Gasteiger partial charge in [-0.25, -0.2) is 0 Å². The molecule has 0 spiro atoms. The molecule has 1 N–H and O–H groups in total. The van der Waals surface area contributed by atoms with Crippen molar-refractivity contribution in [1.82, 2.24) is 10.3 Å². The van der Waals surface area contributed by atoms with Crippen LogP contribution in [0.15, 0.2) is 18.5 Å². The van der Waals surface area contributed by atoms with Crippen molar-refractivity contribution in [3.8, 4) is 0 Å². The monoisotopic (exact) mass is 254 g/mol. The molecule has 0 radical (unpaired) electrons. The number of pyridine rings is 1. The van der Waals surface area contributed by atoms with E-state index in [0.29, 0.717) is 6.04 Å². The molecule has 96 valence electrons. The van der Waals surface area contributed by atoms with Crippen LogP contribution in [0.5, 0.6) is 0 Å². The van der Waals surface area contributed by atoms with Gasteiger partial charge < -0.3 is 5.32 Å². The van der Waals surface area contributed by atoms with E-state index in [1.165, 1.54) is 12.0 Å². The van der Waals surface area contributed by atoms with E-state index in [1.807, 2.05) is 12.3 Å². The van der Waals surface area contributed by atoms with Crippen molar-refractivity contribution in [3.63, 3.8) is 0 Å². The number of nitrogens with one attached hydrogen (secondary N) is 1. The minimum Gasteiger partial charge on any atom is -0.310 e. The standard InChI is InChI=1S/C14H23ClN2/c1-4-8-17-14(6-5-11(2)3)12-7-9-16-10-13(12)15/h7,9-11,14,17H,4-6,8H2,1-3H3. The lowest BCUT2D eigenvalue weighted by atomic mass is 9.98. The lowest BCUT2D eigenvalue weighted by molar-refractivity contribution is 0.440. The lowest BCUT2D eigenvalue weighted by Crippen LogP contribution is -2.23. The number of rotatable bonds is 7. The summed E-state index contributed by atoms with van der Waals surface area (Å²) in [4.78, 5) is 4.04. The van der Waals surface area contributed by atoms with Gasteiger partial charge in [-0.15, -0.1) is 0 Å². The van der Waals surface area contributed by atoms with Gasteiger partial charge in [-0.05, 0) is 43.4 Å². The molecule has 1 rings (SSSR count). The van der Waals surface area contributed by atoms with E-state index in [-0.39, 0.29) is 0 Å². The van der Waals surface area contributed by atoms with Crippen LogP contribution < -0.4 is 5.32 Å². The van der Waals surface area contributed by atoms with E-state index < -0.39 is 0 Å². The van der Waals surface area contributed by atoms with Crippen molar-refractivity contribution >= 4 is 11.6 Å². The van der Waals surface area contributed by atoms with Gasteiger partial charge in [-0.2, -0.15) is 0 Å². The van der Waals surface area contributed by atoms with Crippen molar-refractivity contribution in [3.05, 3.63) is 29.0 Å². The van der Waals surface area contributed by atoms with Crippen LogP contribution in [0.2, 0.25) is 5.02 Å². The van der Waals surface area contributed by atoms with Crippen LogP contribution in [-0.4, -0.2) is 11.5 Å². The summed E-state index contributed by atoms with van der Waals surface area (Å²) >= 11 is 6.21. The largest absolute Gasteiger partial charge is 0.310 e. The molecule has 0 saturated heterocycles. The summed E-state index contributed by atoms with van der Waals surface area (Å²) in [5.41, 5.74) is 1.18. The summed E-state index contributed by atoms with van der Waals surface area (Å²) in [5.74, 6) is 0.724. The normalized spacial score (nSPS) is 13.0. The van der Waals surface area contributed by atoms with Gasteiger partial charge >= 0.3 is 0 Å². The summed E-state index contributed by atoms with van der Waals surface area (Å²) in [6.45, 7) is 7.72. The maximum Gasteiger partial charge on any atom is 0.0637 e. The van der Waals surface area contributed by atoms with Gasteiger partial charge in [-0.3, -0.25) is 4.98 Å². The molecule has 0 aliphatic heterocycles. The van der Waals surface area contributed by atoms with Crippen LogP contribution in [-0.2, 0) is 0 Å². The SMILES string of the molecule is CCCNC(CCC(C)C)c1ccncc1Cl. The summed E-state index contributed by atoms with van der Waals surface area (Å²) in [6.07, 6.45) is 7.02. The quantitative estimate of drug-likeness (QED) is 0.788. The summed E-state index contributed by atoms with van der Waals surface area (Å²) in [7, 11) is 0. The number of hydrogen-bond donors (Lipinski definition) is 1. The fourth-order valence-corrected chi connectivity index (χ4v) is 2.11. The third-order valence-corrected chi connectivity index (χ3v) is 3.17. The Kier molecular flexibility index (Phi) is 6.53. The Morgan fingerprint density at radius 3 is 2.71 bits per heavy atom. The summed E-state index contributed by atoms with van der Waals surface area (Å²) in [6, 6.07) is 2.38. The first-order valence-corrected chi connectivity index (χ1v) is 6.85. The molecule has 0 aliphatic rings. The first-order valence-electron chi connectivity index (χ1n) is 6.48. The predicted octanol–water partition coefficient (Wildman–Crippen LogP) is 4.21. The highest BCUT2D eigenvalue weighted by atomic mass is 35.5. The first kappa shape index (κ1) is 14.5. The van der Waals surface area contributed by atoms with Gasteiger partial charge in [0.15, 0.2) is 0 Å². The Morgan fingerprint density at radius 2 is 2.12 bits per heavy atom. The highest BCUT2D eigenvalue weighted by Gasteiger charge is 2.14. The average Bonchev–Trinajstić information content (AvgIpc) is 2.30. The van der Waals surface area contributed by atoms with Crippen LogP contribution in [0.25, 0.3) is 0 Å². The number of nitrogens with zero attached hydrogens (tertiary/aromatic N) is 1. The maximum atomic E-state index is 6.21. The molecule has 0 bridgehead atoms. The lowest BCUT2D eigenvalue weighted by Gasteiger charge is -2.20. The first-order chi connectivity index (χ1) is 8.15. The van der Waals surface area contributed by atoms with E-state index >= 15 is 0 Å². The van der Waals surface area contributed by atoms with E-state index in [1.54, 1.807) is 6.20 Å². The second kappa shape index (κ2) is 7.67. The molecule has 3 heteroatoms. The van der Waals surface area contributed by atoms with Gasteiger partial charge in [0.1, 0.15) is 0 Å². The van der Waals surface area contributed by atoms with Gasteiger partial charge in [0, 0.05) is 18.4 Å². The summed E-state index contributed by atoms with van der Waals surface area (Å²) < 4.78 is 0. The number of halogens is 1. The molecule has 1 unspecified atom stereocenters. The molecule has 0 saturated carbocycles. The van der Waals surface area contributed by atoms with Gasteiger partial charge in [0.05, 0.1) is 5.02 Å². The molecule has 0 aromatic carbocycles. The van der Waals surface area contributed by atoms with Crippen molar-refractivity contribution in [1.29, 1.82) is 0 Å². The molecule has 1 heterocycles. The Morgan fingerprint density at radius 1 is 1.35 bits per heavy atom. The van der Waals surface area contributed by atoms with Crippen LogP contribution >= 0.6 is 11.6 Å². The molecule has 0 fully saturated rings. The van der Waals surface area contributed by atoms with Crippen molar-refractivity contribution in [2.24, 2.45) is 5.92 Å². The fraction of sp³-hybridized carbons (Fsp3) is 0.643. The molecule has 17 heavy (non-hydrogen) atoms. The molecular weight excluding hydrogens is 232 g/mol. The van der Waals surface area contributed by atoms with Crippen LogP contribution in [0.1, 0.15) is 51.6 Å². The van der Waals surface area contributed by atoms with Crippen molar-refractivity contribution in [2.75, 3.05) is 6.54 Å². The fourth-order valence-electron chi connectivity index (χ4n) is 1.85. The van der Waals surface area contributed by atoms with E-state index in [9.17, 15) is 0 Å². The van der Waals surface area contributed by atoms with Crippen LogP contribution in [0.3, 0.4) is 0 Å². The number of hydrogen-bond acceptors (Lipinski definition) is 2. The van der Waals surface area contributed by atoms with E-state index in [2.05, 4.69) is 31.1 Å². The highest BCUT2D eigenvalue weighted by molar-refractivity contribution is 6.31. The molecule has 0 amide bonds. The van der Waals surface area contributed by atoms with Gasteiger partial charge in [-0.1, -0.05) is 32.4 Å². The molecule has 1 aromatic rings. The van der Waals surface area contributed by atoms with E-state index in [4.69, 9.17) is 11.6 Å². The molecule has 0 aliphatic carbocycles. The Hall–Kier alpha value is -0.600. The van der Waals surface area contributed by atoms with Crippen LogP contribution in [0.4, 0.5) is 0 Å². The average molecular weight is 255 g/mol. The maximum absolute atomic E-state index is 6.21. The molecule has 1 atom stereocenters. The molecular formula is C14H23ClN2. The topological polar surface area (TPSA) is 24.9 Å². The summed E-state index contributed by atoms with van der Waals surface area (Å²) in [5, 5.41) is 4.34. The third-order valence-electron chi connectivity index (χ3n) is 2.85. The highest BCUT2D eigenvalue weighted by Crippen LogP contribution is 2.26. The van der Waals surface area contributed by atoms with Crippen molar-refractivity contribution in [2.45, 2.75) is 46.1 Å². The predicted molar refractivity (Wildman–Crippen MR) is 74.4 cm³/mol. The van der Waals surface area contributed by atoms with Gasteiger partial charge in [0.25, 0.3) is 0 Å². The Bertz CT molecular complexity index is 326. The smallest absolute Gasteiger partial charge is 0.0637 e. The van der Waals surface area contributed by atoms with Gasteiger partial charge in [0.2, 0.25) is 0 Å². The second-order valence-electron chi connectivity index (χ2n) is 4.88. The third kappa shape index (κ3) is 5.05. The minimum absolute atomic E-state index is 0.354. The zero-order chi connectivity index (χ0) is 12.7. The van der Waals surface area contributed by atoms with E-state index in [0.717, 1.165) is 30.3 Å². The zero-order valence-corrected chi connectivity index (χ0v) is 11.8. The van der Waals surface area contributed by atoms with Crippen LogP contribution in [0, 0.1) is 5.92 Å². The van der Waals surface area contributed by atoms with Crippen molar-refractivity contribution < 1.29 is 0 Å².